The number of benzene rings is 2. The minimum Gasteiger partial charge on any atom is -0.508 e. The van der Waals surface area contributed by atoms with Gasteiger partial charge in [0, 0.05) is 7.11 Å². The average molecular weight is 349 g/mol. The number of carbonyl (C=O) groups excluding carboxylic acids is 1. The number of phenolic OH excluding ortho intramolecular Hbond substituents is 1. The second-order valence-electron chi connectivity index (χ2n) is 5.87. The SMILES string of the molecule is COC(C(=O)NC1(c2c(F)cccc2F)COC1)c1ccc(O)cc1. The van der Waals surface area contributed by atoms with Crippen LogP contribution in [0.1, 0.15) is 17.2 Å². The molecule has 0 radical (unpaired) electrons. The predicted octanol–water partition coefficient (Wildman–Crippen LogP) is 2.40. The summed E-state index contributed by atoms with van der Waals surface area (Å²) in [4.78, 5) is 12.7. The van der Waals surface area contributed by atoms with Gasteiger partial charge in [-0.3, -0.25) is 4.79 Å². The molecule has 0 aromatic heterocycles. The summed E-state index contributed by atoms with van der Waals surface area (Å²) < 4.78 is 38.7. The van der Waals surface area contributed by atoms with Crippen molar-refractivity contribution in [3.8, 4) is 5.75 Å². The van der Waals surface area contributed by atoms with Crippen molar-refractivity contribution < 1.29 is 28.2 Å². The standard InChI is InChI=1S/C18H17F2NO4/c1-24-16(11-5-7-12(22)8-6-11)17(23)21-18(9-25-10-18)15-13(19)3-2-4-14(15)20/h2-8,16,22H,9-10H2,1H3,(H,21,23). The molecule has 1 saturated heterocycles. The minimum atomic E-state index is -1.28. The van der Waals surface area contributed by atoms with Gasteiger partial charge in [0.05, 0.1) is 18.8 Å². The molecule has 3 rings (SSSR count). The lowest BCUT2D eigenvalue weighted by molar-refractivity contribution is -0.144. The zero-order valence-electron chi connectivity index (χ0n) is 13.5. The van der Waals surface area contributed by atoms with Crippen LogP contribution in [0.2, 0.25) is 0 Å². The molecule has 1 atom stereocenters. The molecule has 1 unspecified atom stereocenters. The third-order valence-electron chi connectivity index (χ3n) is 4.17. The number of carbonyl (C=O) groups is 1. The number of phenols is 1. The Morgan fingerprint density at radius 2 is 1.80 bits per heavy atom. The Morgan fingerprint density at radius 3 is 2.28 bits per heavy atom. The van der Waals surface area contributed by atoms with Gasteiger partial charge >= 0.3 is 0 Å². The van der Waals surface area contributed by atoms with E-state index in [2.05, 4.69) is 5.32 Å². The molecule has 0 bridgehead atoms. The zero-order chi connectivity index (χ0) is 18.0. The fraction of sp³-hybridized carbons (Fsp3) is 0.278. The summed E-state index contributed by atoms with van der Waals surface area (Å²) in [5, 5.41) is 12.0. The fourth-order valence-corrected chi connectivity index (χ4v) is 2.89. The molecular weight excluding hydrogens is 332 g/mol. The van der Waals surface area contributed by atoms with Crippen molar-refractivity contribution in [1.82, 2.24) is 5.32 Å². The monoisotopic (exact) mass is 349 g/mol. The molecule has 5 nitrogen and oxygen atoms in total. The van der Waals surface area contributed by atoms with E-state index >= 15 is 0 Å². The van der Waals surface area contributed by atoms with E-state index in [1.165, 1.54) is 37.4 Å². The number of hydrogen-bond donors (Lipinski definition) is 2. The number of aromatic hydroxyl groups is 1. The molecule has 7 heteroatoms. The van der Waals surface area contributed by atoms with Crippen LogP contribution in [0, 0.1) is 11.6 Å². The van der Waals surface area contributed by atoms with Gasteiger partial charge in [0.2, 0.25) is 0 Å². The van der Waals surface area contributed by atoms with Crippen molar-refractivity contribution in [2.45, 2.75) is 11.6 Å². The van der Waals surface area contributed by atoms with Gasteiger partial charge in [-0.05, 0) is 29.8 Å². The maximum Gasteiger partial charge on any atom is 0.254 e. The third kappa shape index (κ3) is 3.20. The number of ether oxygens (including phenoxy) is 2. The molecule has 1 amide bonds. The van der Waals surface area contributed by atoms with Crippen LogP contribution in [0.3, 0.4) is 0 Å². The van der Waals surface area contributed by atoms with Gasteiger partial charge < -0.3 is 19.9 Å². The van der Waals surface area contributed by atoms with Crippen molar-refractivity contribution >= 4 is 5.91 Å². The van der Waals surface area contributed by atoms with Crippen LogP contribution in [0.4, 0.5) is 8.78 Å². The normalized spacial score (nSPS) is 16.8. The molecule has 1 heterocycles. The Hall–Kier alpha value is -2.51. The molecule has 0 spiro atoms. The summed E-state index contributed by atoms with van der Waals surface area (Å²) in [7, 11) is 1.35. The number of hydrogen-bond acceptors (Lipinski definition) is 4. The van der Waals surface area contributed by atoms with Crippen molar-refractivity contribution in [2.75, 3.05) is 20.3 Å². The lowest BCUT2D eigenvalue weighted by Gasteiger charge is -2.43. The van der Waals surface area contributed by atoms with Crippen LogP contribution in [0.25, 0.3) is 0 Å². The average Bonchev–Trinajstić information content (AvgIpc) is 2.54. The van der Waals surface area contributed by atoms with Gasteiger partial charge in [-0.15, -0.1) is 0 Å². The number of halogens is 2. The molecule has 1 fully saturated rings. The number of rotatable bonds is 5. The largest absolute Gasteiger partial charge is 0.508 e. The summed E-state index contributed by atoms with van der Waals surface area (Å²) in [5.74, 6) is -2.00. The summed E-state index contributed by atoms with van der Waals surface area (Å²) in [5.41, 5.74) is -1.00. The van der Waals surface area contributed by atoms with Gasteiger partial charge in [-0.25, -0.2) is 8.78 Å². The van der Waals surface area contributed by atoms with Gasteiger partial charge in [0.25, 0.3) is 5.91 Å². The number of amides is 1. The first-order valence-electron chi connectivity index (χ1n) is 7.63. The Kier molecular flexibility index (Phi) is 4.69. The molecule has 2 aromatic carbocycles. The highest BCUT2D eigenvalue weighted by Crippen LogP contribution is 2.34. The molecule has 0 saturated carbocycles. The van der Waals surface area contributed by atoms with Crippen LogP contribution < -0.4 is 5.32 Å². The first-order valence-corrected chi connectivity index (χ1v) is 7.63. The van der Waals surface area contributed by atoms with E-state index in [0.717, 1.165) is 12.1 Å². The molecule has 2 N–H and O–H groups in total. The highest BCUT2D eigenvalue weighted by molar-refractivity contribution is 5.83. The van der Waals surface area contributed by atoms with Crippen molar-refractivity contribution in [3.63, 3.8) is 0 Å². The van der Waals surface area contributed by atoms with Gasteiger partial charge in [-0.2, -0.15) is 0 Å². The van der Waals surface area contributed by atoms with E-state index in [1.54, 1.807) is 0 Å². The van der Waals surface area contributed by atoms with Crippen molar-refractivity contribution in [3.05, 3.63) is 65.2 Å². The molecule has 2 aromatic rings. The maximum atomic E-state index is 14.2. The summed E-state index contributed by atoms with van der Waals surface area (Å²) in [6.45, 7) is -0.0782. The van der Waals surface area contributed by atoms with Gasteiger partial charge in [0.1, 0.15) is 22.9 Å². The summed E-state index contributed by atoms with van der Waals surface area (Å²) in [6, 6.07) is 9.46. The smallest absolute Gasteiger partial charge is 0.254 e. The van der Waals surface area contributed by atoms with Gasteiger partial charge in [0.15, 0.2) is 6.10 Å². The van der Waals surface area contributed by atoms with Crippen LogP contribution >= 0.6 is 0 Å². The fourth-order valence-electron chi connectivity index (χ4n) is 2.89. The second kappa shape index (κ2) is 6.78. The Morgan fingerprint density at radius 1 is 1.20 bits per heavy atom. The Labute approximate surface area is 143 Å². The van der Waals surface area contributed by atoms with Crippen LogP contribution in [0.5, 0.6) is 5.75 Å². The van der Waals surface area contributed by atoms with E-state index < -0.39 is 29.2 Å². The van der Waals surface area contributed by atoms with Crippen LogP contribution in [-0.4, -0.2) is 31.3 Å². The lowest BCUT2D eigenvalue weighted by Crippen LogP contribution is -2.61. The topological polar surface area (TPSA) is 67.8 Å². The van der Waals surface area contributed by atoms with Crippen LogP contribution in [-0.2, 0) is 19.8 Å². The summed E-state index contributed by atoms with van der Waals surface area (Å²) in [6.07, 6.45) is -0.993. The first-order chi connectivity index (χ1) is 12.0. The van der Waals surface area contributed by atoms with E-state index in [0.29, 0.717) is 5.56 Å². The number of methoxy groups -OCH3 is 1. The zero-order valence-corrected chi connectivity index (χ0v) is 13.5. The third-order valence-corrected chi connectivity index (χ3v) is 4.17. The molecule has 25 heavy (non-hydrogen) atoms. The van der Waals surface area contributed by atoms with E-state index in [1.807, 2.05) is 0 Å². The molecule has 0 aliphatic carbocycles. The van der Waals surface area contributed by atoms with Gasteiger partial charge in [-0.1, -0.05) is 18.2 Å². The maximum absolute atomic E-state index is 14.2. The molecular formula is C18H17F2NO4. The summed E-state index contributed by atoms with van der Waals surface area (Å²) >= 11 is 0. The molecule has 1 aliphatic rings. The van der Waals surface area contributed by atoms with E-state index in [4.69, 9.17) is 9.47 Å². The number of nitrogens with one attached hydrogen (secondary N) is 1. The van der Waals surface area contributed by atoms with Crippen molar-refractivity contribution in [1.29, 1.82) is 0 Å². The highest BCUT2D eigenvalue weighted by Gasteiger charge is 2.46. The second-order valence-corrected chi connectivity index (χ2v) is 5.87. The predicted molar refractivity (Wildman–Crippen MR) is 84.9 cm³/mol. The highest BCUT2D eigenvalue weighted by atomic mass is 19.1. The van der Waals surface area contributed by atoms with E-state index in [-0.39, 0.29) is 24.5 Å². The Balaban J connectivity index is 1.88. The first kappa shape index (κ1) is 17.3. The quantitative estimate of drug-likeness (QED) is 0.870. The lowest BCUT2D eigenvalue weighted by atomic mass is 9.86. The molecule has 132 valence electrons. The van der Waals surface area contributed by atoms with Crippen LogP contribution in [0.15, 0.2) is 42.5 Å². The Bertz CT molecular complexity index is 755. The van der Waals surface area contributed by atoms with E-state index in [9.17, 15) is 18.7 Å². The van der Waals surface area contributed by atoms with Crippen molar-refractivity contribution in [2.24, 2.45) is 0 Å². The molecule has 1 aliphatic heterocycles. The minimum absolute atomic E-state index is 0.0391.